The maximum atomic E-state index is 12.8. The molecule has 1 aliphatic heterocycles. The average Bonchev–Trinajstić information content (AvgIpc) is 2.83. The first-order valence-electron chi connectivity index (χ1n) is 10.4. The predicted octanol–water partition coefficient (Wildman–Crippen LogP) is 4.24. The van der Waals surface area contributed by atoms with Crippen LogP contribution in [0.5, 0.6) is 0 Å². The number of fused-ring (bicyclic) bond motifs is 2. The van der Waals surface area contributed by atoms with Crippen LogP contribution in [0.1, 0.15) is 32.0 Å². The largest absolute Gasteiger partial charge is 0.451 e. The zero-order valence-corrected chi connectivity index (χ0v) is 17.2. The van der Waals surface area contributed by atoms with Crippen molar-refractivity contribution in [3.05, 3.63) is 112 Å². The number of hydrogen-bond acceptors (Lipinski definition) is 4. The van der Waals surface area contributed by atoms with E-state index in [2.05, 4.69) is 5.32 Å². The second-order valence-electron chi connectivity index (χ2n) is 7.75. The minimum atomic E-state index is -0.499. The van der Waals surface area contributed by atoms with Crippen LogP contribution in [0, 0.1) is 0 Å². The number of nitrogens with zero attached hydrogens (tertiary/aromatic N) is 1. The van der Waals surface area contributed by atoms with Gasteiger partial charge in [-0.2, -0.15) is 0 Å². The zero-order chi connectivity index (χ0) is 22.1. The molecule has 0 unspecified atom stereocenters. The molecule has 5 rings (SSSR count). The maximum Gasteiger partial charge on any atom is 0.291 e. The topological polar surface area (TPSA) is 79.6 Å². The molecule has 0 saturated heterocycles. The molecule has 6 nitrogen and oxygen atoms in total. The van der Waals surface area contributed by atoms with Crippen molar-refractivity contribution in [2.24, 2.45) is 0 Å². The van der Waals surface area contributed by atoms with E-state index in [0.29, 0.717) is 35.3 Å². The van der Waals surface area contributed by atoms with E-state index >= 15 is 0 Å². The minimum absolute atomic E-state index is 0.0105. The summed E-state index contributed by atoms with van der Waals surface area (Å²) >= 11 is 0. The minimum Gasteiger partial charge on any atom is -0.451 e. The molecule has 4 aromatic rings. The van der Waals surface area contributed by atoms with Crippen LogP contribution in [0.4, 0.5) is 5.69 Å². The van der Waals surface area contributed by atoms with Crippen LogP contribution in [0.2, 0.25) is 0 Å². The highest BCUT2D eigenvalue weighted by atomic mass is 16.3. The van der Waals surface area contributed by atoms with Crippen molar-refractivity contribution < 1.29 is 14.0 Å². The van der Waals surface area contributed by atoms with Crippen molar-refractivity contribution in [3.8, 4) is 0 Å². The lowest BCUT2D eigenvalue weighted by Crippen LogP contribution is -2.36. The number of carbonyl (C=O) groups is 2. The summed E-state index contributed by atoms with van der Waals surface area (Å²) in [5, 5.41) is 3.23. The number of para-hydroxylation sites is 1. The number of carbonyl (C=O) groups excluding carboxylic acids is 2. The molecule has 3 aromatic carbocycles. The summed E-state index contributed by atoms with van der Waals surface area (Å²) in [6.07, 6.45) is 0.752. The van der Waals surface area contributed by atoms with E-state index in [1.165, 1.54) is 6.07 Å². The van der Waals surface area contributed by atoms with E-state index in [0.717, 1.165) is 17.5 Å². The molecular formula is C26H20N2O4. The van der Waals surface area contributed by atoms with Crippen LogP contribution < -0.4 is 10.7 Å². The first-order valence-corrected chi connectivity index (χ1v) is 10.4. The molecule has 1 N–H and O–H groups in total. The molecule has 6 heteroatoms. The monoisotopic (exact) mass is 424 g/mol. The maximum absolute atomic E-state index is 12.8. The molecule has 32 heavy (non-hydrogen) atoms. The van der Waals surface area contributed by atoms with E-state index in [1.807, 2.05) is 53.4 Å². The third-order valence-corrected chi connectivity index (χ3v) is 5.64. The molecule has 1 aromatic heterocycles. The summed E-state index contributed by atoms with van der Waals surface area (Å²) in [7, 11) is 0. The fraction of sp³-hybridized carbons (Fsp3) is 0.115. The van der Waals surface area contributed by atoms with Crippen LogP contribution in [-0.2, 0) is 13.0 Å². The molecule has 2 heterocycles. The van der Waals surface area contributed by atoms with Gasteiger partial charge < -0.3 is 14.6 Å². The molecule has 0 aliphatic carbocycles. The van der Waals surface area contributed by atoms with Crippen LogP contribution >= 0.6 is 0 Å². The number of amides is 2. The summed E-state index contributed by atoms with van der Waals surface area (Å²) in [5.41, 5.74) is 3.48. The molecule has 158 valence electrons. The Morgan fingerprint density at radius 1 is 0.875 bits per heavy atom. The molecule has 0 bridgehead atoms. The van der Waals surface area contributed by atoms with Gasteiger partial charge in [0.1, 0.15) is 5.58 Å². The number of nitrogens with one attached hydrogen (secondary N) is 1. The summed E-state index contributed by atoms with van der Waals surface area (Å²) < 4.78 is 5.62. The van der Waals surface area contributed by atoms with Gasteiger partial charge in [0, 0.05) is 30.4 Å². The number of benzene rings is 3. The van der Waals surface area contributed by atoms with Gasteiger partial charge in [0.2, 0.25) is 0 Å². The number of hydrogen-bond donors (Lipinski definition) is 1. The van der Waals surface area contributed by atoms with E-state index in [-0.39, 0.29) is 17.1 Å². The van der Waals surface area contributed by atoms with Crippen molar-refractivity contribution in [2.75, 3.05) is 11.9 Å². The Kier molecular flexibility index (Phi) is 5.03. The van der Waals surface area contributed by atoms with E-state index in [4.69, 9.17) is 4.42 Å². The Morgan fingerprint density at radius 2 is 1.66 bits per heavy atom. The van der Waals surface area contributed by atoms with Crippen molar-refractivity contribution >= 4 is 28.5 Å². The summed E-state index contributed by atoms with van der Waals surface area (Å²) in [5.74, 6) is -0.559. The Bertz CT molecular complexity index is 1390. The Morgan fingerprint density at radius 3 is 2.50 bits per heavy atom. The standard InChI is InChI=1S/C26H20N2O4/c29-22-15-24(32-23-9-5-4-8-21(22)23)25(30)27-20-11-10-17-12-13-28(16-19(17)14-20)26(31)18-6-2-1-3-7-18/h1-11,14-15H,12-13,16H2,(H,27,30). The third-order valence-electron chi connectivity index (χ3n) is 5.64. The van der Waals surface area contributed by atoms with Gasteiger partial charge in [0.25, 0.3) is 11.8 Å². The van der Waals surface area contributed by atoms with Gasteiger partial charge in [0.05, 0.1) is 5.39 Å². The molecule has 0 fully saturated rings. The van der Waals surface area contributed by atoms with Crippen LogP contribution in [0.15, 0.2) is 88.1 Å². The van der Waals surface area contributed by atoms with Crippen LogP contribution in [0.3, 0.4) is 0 Å². The van der Waals surface area contributed by atoms with Gasteiger partial charge in [-0.1, -0.05) is 36.4 Å². The van der Waals surface area contributed by atoms with Crippen LogP contribution in [0.25, 0.3) is 11.0 Å². The van der Waals surface area contributed by atoms with Crippen LogP contribution in [-0.4, -0.2) is 23.3 Å². The Hall–Kier alpha value is -4.19. The van der Waals surface area contributed by atoms with Crippen molar-refractivity contribution in [1.82, 2.24) is 4.90 Å². The van der Waals surface area contributed by atoms with Crippen molar-refractivity contribution in [3.63, 3.8) is 0 Å². The molecular weight excluding hydrogens is 404 g/mol. The second kappa shape index (κ2) is 8.15. The second-order valence-corrected chi connectivity index (χ2v) is 7.75. The van der Waals surface area contributed by atoms with Gasteiger partial charge >= 0.3 is 0 Å². The molecule has 0 saturated carbocycles. The zero-order valence-electron chi connectivity index (χ0n) is 17.2. The summed E-state index contributed by atoms with van der Waals surface area (Å²) in [4.78, 5) is 39.6. The Balaban J connectivity index is 1.36. The normalized spacial score (nSPS) is 12.9. The molecule has 0 radical (unpaired) electrons. The smallest absolute Gasteiger partial charge is 0.291 e. The molecule has 0 atom stereocenters. The van der Waals surface area contributed by atoms with Gasteiger partial charge in [-0.3, -0.25) is 14.4 Å². The first-order chi connectivity index (χ1) is 15.6. The van der Waals surface area contributed by atoms with E-state index in [1.54, 1.807) is 24.3 Å². The highest BCUT2D eigenvalue weighted by molar-refractivity contribution is 6.03. The van der Waals surface area contributed by atoms with Crippen molar-refractivity contribution in [1.29, 1.82) is 0 Å². The lowest BCUT2D eigenvalue weighted by Gasteiger charge is -2.29. The first kappa shape index (κ1) is 19.8. The number of anilines is 1. The molecule has 2 amide bonds. The SMILES string of the molecule is O=C(Nc1ccc2c(c1)CN(C(=O)c1ccccc1)CC2)c1cc(=O)c2ccccc2o1. The summed E-state index contributed by atoms with van der Waals surface area (Å²) in [6, 6.07) is 22.9. The fourth-order valence-electron chi connectivity index (χ4n) is 3.98. The Labute approximate surface area is 184 Å². The lowest BCUT2D eigenvalue weighted by atomic mass is 9.98. The molecule has 1 aliphatic rings. The average molecular weight is 424 g/mol. The fourth-order valence-corrected chi connectivity index (χ4v) is 3.98. The number of rotatable bonds is 3. The predicted molar refractivity (Wildman–Crippen MR) is 122 cm³/mol. The third kappa shape index (κ3) is 3.78. The van der Waals surface area contributed by atoms with Gasteiger partial charge in [-0.05, 0) is 53.9 Å². The van der Waals surface area contributed by atoms with Gasteiger partial charge in [-0.15, -0.1) is 0 Å². The highest BCUT2D eigenvalue weighted by Crippen LogP contribution is 2.24. The lowest BCUT2D eigenvalue weighted by molar-refractivity contribution is 0.0734. The van der Waals surface area contributed by atoms with Gasteiger partial charge in [-0.25, -0.2) is 0 Å². The summed E-state index contributed by atoms with van der Waals surface area (Å²) in [6.45, 7) is 1.12. The van der Waals surface area contributed by atoms with E-state index < -0.39 is 5.91 Å². The van der Waals surface area contributed by atoms with Crippen molar-refractivity contribution in [2.45, 2.75) is 13.0 Å². The molecule has 0 spiro atoms. The van der Waals surface area contributed by atoms with E-state index in [9.17, 15) is 14.4 Å². The highest BCUT2D eigenvalue weighted by Gasteiger charge is 2.22. The quantitative estimate of drug-likeness (QED) is 0.533. The van der Waals surface area contributed by atoms with Gasteiger partial charge in [0.15, 0.2) is 11.2 Å².